The van der Waals surface area contributed by atoms with Gasteiger partial charge in [-0.2, -0.15) is 5.10 Å². The lowest BCUT2D eigenvalue weighted by Gasteiger charge is -2.17. The Morgan fingerprint density at radius 3 is 3.23 bits per heavy atom. The number of rotatable bonds is 6. The summed E-state index contributed by atoms with van der Waals surface area (Å²) in [6.07, 6.45) is 7.45. The molecule has 1 fully saturated rings. The van der Waals surface area contributed by atoms with E-state index < -0.39 is 0 Å². The maximum Gasteiger partial charge on any atom is 0.230 e. The van der Waals surface area contributed by atoms with Gasteiger partial charge in [-0.05, 0) is 18.6 Å². The third-order valence-electron chi connectivity index (χ3n) is 4.49. The third-order valence-corrected chi connectivity index (χ3v) is 4.49. The van der Waals surface area contributed by atoms with Crippen molar-refractivity contribution in [1.29, 1.82) is 0 Å². The lowest BCUT2D eigenvalue weighted by Crippen LogP contribution is -2.25. The van der Waals surface area contributed by atoms with Crippen molar-refractivity contribution in [3.05, 3.63) is 42.6 Å². The molecule has 1 saturated heterocycles. The molecule has 26 heavy (non-hydrogen) atoms. The number of carbonyl (C=O) groups excluding carboxylic acids is 1. The zero-order chi connectivity index (χ0) is 17.9. The van der Waals surface area contributed by atoms with Gasteiger partial charge in [0.25, 0.3) is 0 Å². The molecule has 1 N–H and O–H groups in total. The number of amides is 1. The molecule has 1 aliphatic rings. The number of pyridine rings is 1. The zero-order valence-corrected chi connectivity index (χ0v) is 14.4. The van der Waals surface area contributed by atoms with E-state index in [0.29, 0.717) is 31.9 Å². The van der Waals surface area contributed by atoms with Gasteiger partial charge in [-0.1, -0.05) is 0 Å². The molecule has 0 unspecified atom stereocenters. The smallest absolute Gasteiger partial charge is 0.230 e. The molecule has 9 heteroatoms. The highest BCUT2D eigenvalue weighted by Crippen LogP contribution is 2.35. The molecule has 4 heterocycles. The van der Waals surface area contributed by atoms with Gasteiger partial charge in [0.1, 0.15) is 6.33 Å². The zero-order valence-electron chi connectivity index (χ0n) is 14.4. The summed E-state index contributed by atoms with van der Waals surface area (Å²) in [4.78, 5) is 12.8. The normalized spacial score (nSPS) is 19.9. The Labute approximate surface area is 149 Å². The van der Waals surface area contributed by atoms with Crippen molar-refractivity contribution in [2.45, 2.75) is 19.1 Å². The monoisotopic (exact) mass is 356 g/mol. The topological polar surface area (TPSA) is 95.6 Å². The van der Waals surface area contributed by atoms with E-state index in [1.54, 1.807) is 34.9 Å². The van der Waals surface area contributed by atoms with Gasteiger partial charge in [-0.15, -0.1) is 10.2 Å². The van der Waals surface area contributed by atoms with E-state index in [0.717, 1.165) is 11.2 Å². The summed E-state index contributed by atoms with van der Waals surface area (Å²) in [6, 6.07) is 3.63. The van der Waals surface area contributed by atoms with Crippen LogP contribution in [0.2, 0.25) is 0 Å². The number of fused-ring (bicyclic) bond motifs is 1. The Morgan fingerprint density at radius 1 is 1.42 bits per heavy atom. The van der Waals surface area contributed by atoms with Crippen LogP contribution in [-0.2, 0) is 20.8 Å². The molecule has 136 valence electrons. The first-order valence-corrected chi connectivity index (χ1v) is 8.48. The van der Waals surface area contributed by atoms with Gasteiger partial charge in [0.15, 0.2) is 5.65 Å². The third kappa shape index (κ3) is 3.31. The maximum absolute atomic E-state index is 12.8. The highest BCUT2D eigenvalue weighted by molar-refractivity contribution is 5.93. The molecule has 4 rings (SSSR count). The maximum atomic E-state index is 12.8. The van der Waals surface area contributed by atoms with Crippen LogP contribution in [0.25, 0.3) is 5.65 Å². The minimum absolute atomic E-state index is 0.0652. The van der Waals surface area contributed by atoms with E-state index in [1.165, 1.54) is 0 Å². The van der Waals surface area contributed by atoms with Crippen LogP contribution in [0.4, 0.5) is 5.69 Å². The van der Waals surface area contributed by atoms with Crippen molar-refractivity contribution < 1.29 is 14.3 Å². The van der Waals surface area contributed by atoms with Crippen LogP contribution in [0, 0.1) is 5.92 Å². The molecule has 2 atom stereocenters. The second-order valence-corrected chi connectivity index (χ2v) is 6.22. The minimum atomic E-state index is -0.287. The fourth-order valence-electron chi connectivity index (χ4n) is 3.16. The van der Waals surface area contributed by atoms with Crippen molar-refractivity contribution in [1.82, 2.24) is 24.4 Å². The second kappa shape index (κ2) is 7.22. The van der Waals surface area contributed by atoms with E-state index in [2.05, 4.69) is 20.6 Å². The number of carbonyl (C=O) groups is 1. The number of hydrogen-bond acceptors (Lipinski definition) is 6. The van der Waals surface area contributed by atoms with E-state index in [-0.39, 0.29) is 17.9 Å². The van der Waals surface area contributed by atoms with E-state index in [1.807, 2.05) is 18.3 Å². The number of methoxy groups -OCH3 is 1. The predicted molar refractivity (Wildman–Crippen MR) is 92.5 cm³/mol. The molecule has 1 amide bonds. The van der Waals surface area contributed by atoms with Gasteiger partial charge in [0, 0.05) is 31.7 Å². The average molecular weight is 356 g/mol. The standard InChI is InChI=1S/C17H20N6O3/c1-25-7-5-23-9-12(8-19-23)16-14(4-6-26-16)17(24)20-13-2-3-15-21-18-11-22(15)10-13/h2-3,8-11,14,16H,4-7H2,1H3,(H,20,24)/t14-,16+/m0/s1. The van der Waals surface area contributed by atoms with Crippen molar-refractivity contribution in [2.75, 3.05) is 25.6 Å². The largest absolute Gasteiger partial charge is 0.383 e. The van der Waals surface area contributed by atoms with Crippen LogP contribution in [0.3, 0.4) is 0 Å². The summed E-state index contributed by atoms with van der Waals surface area (Å²) in [5.74, 6) is -0.323. The Kier molecular flexibility index (Phi) is 4.63. The number of nitrogens with one attached hydrogen (secondary N) is 1. The van der Waals surface area contributed by atoms with Crippen LogP contribution in [0.5, 0.6) is 0 Å². The van der Waals surface area contributed by atoms with Gasteiger partial charge in [-0.25, -0.2) is 0 Å². The van der Waals surface area contributed by atoms with E-state index in [9.17, 15) is 4.79 Å². The fourth-order valence-corrected chi connectivity index (χ4v) is 3.16. The molecule has 0 saturated carbocycles. The molecule has 0 radical (unpaired) electrons. The van der Waals surface area contributed by atoms with Crippen LogP contribution in [0.15, 0.2) is 37.1 Å². The lowest BCUT2D eigenvalue weighted by atomic mass is 9.96. The molecule has 0 spiro atoms. The van der Waals surface area contributed by atoms with Crippen LogP contribution >= 0.6 is 0 Å². The quantitative estimate of drug-likeness (QED) is 0.715. The predicted octanol–water partition coefficient (Wildman–Crippen LogP) is 1.29. The summed E-state index contributed by atoms with van der Waals surface area (Å²) >= 11 is 0. The SMILES string of the molecule is COCCn1cc([C@H]2OCC[C@@H]2C(=O)Nc2ccc3nncn3c2)cn1. The van der Waals surface area contributed by atoms with Gasteiger partial charge in [0.2, 0.25) is 5.91 Å². The Balaban J connectivity index is 1.46. The molecule has 0 aromatic carbocycles. The molecule has 1 aliphatic heterocycles. The van der Waals surface area contributed by atoms with Crippen molar-refractivity contribution in [3.63, 3.8) is 0 Å². The first-order valence-electron chi connectivity index (χ1n) is 8.48. The van der Waals surface area contributed by atoms with Gasteiger partial charge in [-0.3, -0.25) is 13.9 Å². The highest BCUT2D eigenvalue weighted by Gasteiger charge is 2.36. The van der Waals surface area contributed by atoms with Crippen molar-refractivity contribution >= 4 is 17.2 Å². The first kappa shape index (κ1) is 16.7. The first-order chi connectivity index (χ1) is 12.7. The number of anilines is 1. The summed E-state index contributed by atoms with van der Waals surface area (Å²) in [5, 5.41) is 15.1. The summed E-state index contributed by atoms with van der Waals surface area (Å²) in [5.41, 5.74) is 2.34. The molecule has 3 aromatic rings. The lowest BCUT2D eigenvalue weighted by molar-refractivity contribution is -0.121. The highest BCUT2D eigenvalue weighted by atomic mass is 16.5. The van der Waals surface area contributed by atoms with Crippen LogP contribution < -0.4 is 5.32 Å². The summed E-state index contributed by atoms with van der Waals surface area (Å²) in [7, 11) is 1.65. The van der Waals surface area contributed by atoms with E-state index in [4.69, 9.17) is 9.47 Å². The van der Waals surface area contributed by atoms with Crippen molar-refractivity contribution in [2.24, 2.45) is 5.92 Å². The Hall–Kier alpha value is -2.78. The van der Waals surface area contributed by atoms with E-state index >= 15 is 0 Å². The molecule has 3 aromatic heterocycles. The summed E-state index contributed by atoms with van der Waals surface area (Å²) in [6.45, 7) is 1.80. The second-order valence-electron chi connectivity index (χ2n) is 6.22. The average Bonchev–Trinajstić information content (AvgIpc) is 3.38. The number of aromatic nitrogens is 5. The fraction of sp³-hybridized carbons (Fsp3) is 0.412. The van der Waals surface area contributed by atoms with Crippen LogP contribution in [-0.4, -0.2) is 50.6 Å². The van der Waals surface area contributed by atoms with Crippen LogP contribution in [0.1, 0.15) is 18.1 Å². The molecule has 0 bridgehead atoms. The minimum Gasteiger partial charge on any atom is -0.383 e. The number of nitrogens with zero attached hydrogens (tertiary/aromatic N) is 5. The Morgan fingerprint density at radius 2 is 2.35 bits per heavy atom. The molecular weight excluding hydrogens is 336 g/mol. The number of ether oxygens (including phenoxy) is 2. The molecule has 0 aliphatic carbocycles. The molecular formula is C17H20N6O3. The Bertz CT molecular complexity index is 905. The van der Waals surface area contributed by atoms with Gasteiger partial charge >= 0.3 is 0 Å². The van der Waals surface area contributed by atoms with Gasteiger partial charge in [0.05, 0.1) is 37.1 Å². The van der Waals surface area contributed by atoms with Crippen molar-refractivity contribution in [3.8, 4) is 0 Å². The van der Waals surface area contributed by atoms with Gasteiger partial charge < -0.3 is 14.8 Å². The molecule has 9 nitrogen and oxygen atoms in total. The summed E-state index contributed by atoms with van der Waals surface area (Å²) < 4.78 is 14.4. The number of hydrogen-bond donors (Lipinski definition) is 1.